The summed E-state index contributed by atoms with van der Waals surface area (Å²) in [6, 6.07) is 30.3. The molecule has 0 aromatic heterocycles. The molecule has 1 aliphatic rings. The highest BCUT2D eigenvalue weighted by Gasteiger charge is 2.30. The van der Waals surface area contributed by atoms with E-state index in [9.17, 15) is 0 Å². The van der Waals surface area contributed by atoms with Crippen LogP contribution in [-0.2, 0) is 0 Å². The minimum Gasteiger partial charge on any atom is -0.497 e. The summed E-state index contributed by atoms with van der Waals surface area (Å²) in [6.07, 6.45) is 6.96. The number of ether oxygens (including phenoxy) is 1. The second kappa shape index (κ2) is 9.48. The fourth-order valence-corrected chi connectivity index (χ4v) is 7.53. The van der Waals surface area contributed by atoms with E-state index in [1.807, 2.05) is 23.9 Å². The highest BCUT2D eigenvalue weighted by molar-refractivity contribution is 8.00. The molecule has 3 aromatic rings. The zero-order chi connectivity index (χ0) is 20.1. The maximum Gasteiger partial charge on any atom is 0.118 e. The largest absolute Gasteiger partial charge is 0.497 e. The molecule has 29 heavy (non-hydrogen) atoms. The molecule has 0 amide bonds. The van der Waals surface area contributed by atoms with Gasteiger partial charge in [-0.2, -0.15) is 0 Å². The van der Waals surface area contributed by atoms with Crippen LogP contribution in [0, 0.1) is 5.92 Å². The van der Waals surface area contributed by atoms with Crippen molar-refractivity contribution in [1.29, 1.82) is 0 Å². The van der Waals surface area contributed by atoms with E-state index in [-0.39, 0.29) is 0 Å². The van der Waals surface area contributed by atoms with Gasteiger partial charge in [0.15, 0.2) is 0 Å². The monoisotopic (exact) mass is 416 g/mol. The maximum atomic E-state index is 5.29. The molecule has 1 unspecified atom stereocenters. The van der Waals surface area contributed by atoms with Crippen molar-refractivity contribution in [2.24, 2.45) is 5.92 Å². The summed E-state index contributed by atoms with van der Waals surface area (Å²) < 4.78 is 5.29. The smallest absolute Gasteiger partial charge is 0.118 e. The number of methoxy groups -OCH3 is 1. The summed E-state index contributed by atoms with van der Waals surface area (Å²) in [5.41, 5.74) is 0. The van der Waals surface area contributed by atoms with Crippen molar-refractivity contribution in [2.75, 3.05) is 7.11 Å². The highest BCUT2D eigenvalue weighted by atomic mass is 32.2. The van der Waals surface area contributed by atoms with Crippen molar-refractivity contribution in [3.63, 3.8) is 0 Å². The predicted octanol–water partition coefficient (Wildman–Crippen LogP) is 6.38. The molecule has 0 fully saturated rings. The van der Waals surface area contributed by atoms with Crippen LogP contribution >= 0.6 is 19.7 Å². The van der Waals surface area contributed by atoms with Gasteiger partial charge in [0.1, 0.15) is 5.75 Å². The van der Waals surface area contributed by atoms with Crippen LogP contribution in [0.1, 0.15) is 6.92 Å². The summed E-state index contributed by atoms with van der Waals surface area (Å²) in [4.78, 5) is 1.28. The zero-order valence-electron chi connectivity index (χ0n) is 16.7. The van der Waals surface area contributed by atoms with Gasteiger partial charge in [0.25, 0.3) is 0 Å². The van der Waals surface area contributed by atoms with Crippen LogP contribution in [-0.4, -0.2) is 12.4 Å². The van der Waals surface area contributed by atoms with Crippen LogP contribution in [0.5, 0.6) is 5.75 Å². The van der Waals surface area contributed by atoms with Crippen molar-refractivity contribution in [3.05, 3.63) is 108 Å². The van der Waals surface area contributed by atoms with Crippen LogP contribution < -0.4 is 15.3 Å². The molecule has 0 saturated heterocycles. The Morgan fingerprint density at radius 2 is 1.41 bits per heavy atom. The van der Waals surface area contributed by atoms with Gasteiger partial charge in [-0.15, -0.1) is 11.8 Å². The van der Waals surface area contributed by atoms with E-state index >= 15 is 0 Å². The summed E-state index contributed by atoms with van der Waals surface area (Å²) >= 11 is 1.93. The minimum atomic E-state index is -0.541. The lowest BCUT2D eigenvalue weighted by Gasteiger charge is -2.28. The minimum absolute atomic E-state index is 0.425. The second-order valence-corrected chi connectivity index (χ2v) is 10.7. The molecule has 1 aliphatic carbocycles. The fraction of sp³-hybridized carbons (Fsp3) is 0.154. The Kier molecular flexibility index (Phi) is 6.54. The van der Waals surface area contributed by atoms with E-state index in [2.05, 4.69) is 97.9 Å². The van der Waals surface area contributed by atoms with E-state index in [4.69, 9.17) is 4.74 Å². The Labute approximate surface area is 179 Å². The second-order valence-electron chi connectivity index (χ2n) is 7.01. The zero-order valence-corrected chi connectivity index (χ0v) is 18.4. The average Bonchev–Trinajstić information content (AvgIpc) is 3.25. The normalized spacial score (nSPS) is 16.7. The molecule has 2 atom stereocenters. The Hall–Kier alpha value is -2.28. The third-order valence-corrected chi connectivity index (χ3v) is 8.90. The molecule has 0 N–H and O–H groups in total. The quantitative estimate of drug-likeness (QED) is 0.327. The molecule has 0 aliphatic heterocycles. The predicted molar refractivity (Wildman–Crippen MR) is 128 cm³/mol. The van der Waals surface area contributed by atoms with Gasteiger partial charge in [-0.1, -0.05) is 85.8 Å². The van der Waals surface area contributed by atoms with Crippen LogP contribution in [0.2, 0.25) is 0 Å². The van der Waals surface area contributed by atoms with Crippen molar-refractivity contribution < 1.29 is 4.74 Å². The van der Waals surface area contributed by atoms with Crippen LogP contribution in [0.4, 0.5) is 0 Å². The molecule has 3 heteroatoms. The first kappa shape index (κ1) is 20.0. The molecule has 146 valence electrons. The molecule has 3 aromatic carbocycles. The van der Waals surface area contributed by atoms with E-state index in [1.165, 1.54) is 20.8 Å². The van der Waals surface area contributed by atoms with Gasteiger partial charge in [0.2, 0.25) is 0 Å². The topological polar surface area (TPSA) is 9.23 Å². The molecule has 0 spiro atoms. The lowest BCUT2D eigenvalue weighted by molar-refractivity contribution is 0.414. The number of hydrogen-bond donors (Lipinski definition) is 0. The lowest BCUT2D eigenvalue weighted by Crippen LogP contribution is -2.19. The molecule has 4 rings (SSSR count). The number of hydrogen-bond acceptors (Lipinski definition) is 2. The SMILES string of the molecule is COc1ccc(S[C@@H](C)C2C=CC=C2P(c2ccccc2)c2ccccc2)cc1. The van der Waals surface area contributed by atoms with E-state index < -0.39 is 7.92 Å². The number of thioether (sulfide) groups is 1. The Morgan fingerprint density at radius 3 is 1.97 bits per heavy atom. The highest BCUT2D eigenvalue weighted by Crippen LogP contribution is 2.51. The number of rotatable bonds is 7. The van der Waals surface area contributed by atoms with E-state index in [0.717, 1.165) is 5.75 Å². The summed E-state index contributed by atoms with van der Waals surface area (Å²) in [5.74, 6) is 1.33. The Morgan fingerprint density at radius 1 is 0.828 bits per heavy atom. The summed E-state index contributed by atoms with van der Waals surface area (Å²) in [5, 5.41) is 4.81. The molecule has 1 nitrogen and oxygen atoms in total. The first-order chi connectivity index (χ1) is 14.3. The Bertz CT molecular complexity index is 941. The van der Waals surface area contributed by atoms with Crippen LogP contribution in [0.15, 0.2) is 113 Å². The van der Waals surface area contributed by atoms with Gasteiger partial charge < -0.3 is 4.74 Å². The average molecular weight is 417 g/mol. The summed E-state index contributed by atoms with van der Waals surface area (Å²) in [6.45, 7) is 2.34. The van der Waals surface area contributed by atoms with Crippen molar-refractivity contribution in [1.82, 2.24) is 0 Å². The third kappa shape index (κ3) is 4.66. The molecular weight excluding hydrogens is 391 g/mol. The molecule has 0 saturated carbocycles. The fourth-order valence-electron chi connectivity index (χ4n) is 3.65. The first-order valence-corrected chi connectivity index (χ1v) is 12.1. The van der Waals surface area contributed by atoms with Crippen molar-refractivity contribution >= 4 is 30.3 Å². The van der Waals surface area contributed by atoms with Gasteiger partial charge >= 0.3 is 0 Å². The van der Waals surface area contributed by atoms with E-state index in [1.54, 1.807) is 7.11 Å². The standard InChI is InChI=1S/C26H25OPS/c1-20(29-24-18-16-21(27-2)17-19-24)25-14-9-15-26(25)28(22-10-5-3-6-11-22)23-12-7-4-8-13-23/h3-20,25H,1-2H3/t20-,25?/m0/s1. The Balaban J connectivity index is 1.61. The molecule has 0 radical (unpaired) electrons. The van der Waals surface area contributed by atoms with Crippen molar-refractivity contribution in [3.8, 4) is 5.75 Å². The van der Waals surface area contributed by atoms with E-state index in [0.29, 0.717) is 11.2 Å². The number of benzene rings is 3. The van der Waals surface area contributed by atoms with Gasteiger partial charge in [-0.25, -0.2) is 0 Å². The number of allylic oxidation sites excluding steroid dienone is 4. The van der Waals surface area contributed by atoms with Gasteiger partial charge in [0, 0.05) is 16.1 Å². The van der Waals surface area contributed by atoms with Gasteiger partial charge in [-0.3, -0.25) is 0 Å². The maximum absolute atomic E-state index is 5.29. The molecule has 0 bridgehead atoms. The molecular formula is C26H25OPS. The van der Waals surface area contributed by atoms with Gasteiger partial charge in [-0.05, 0) is 48.1 Å². The van der Waals surface area contributed by atoms with Gasteiger partial charge in [0.05, 0.1) is 7.11 Å². The van der Waals surface area contributed by atoms with Crippen LogP contribution in [0.25, 0.3) is 0 Å². The third-order valence-electron chi connectivity index (χ3n) is 5.10. The van der Waals surface area contributed by atoms with Crippen LogP contribution in [0.3, 0.4) is 0 Å². The lowest BCUT2D eigenvalue weighted by atomic mass is 10.1. The summed E-state index contributed by atoms with van der Waals surface area (Å²) in [7, 11) is 1.17. The first-order valence-electron chi connectivity index (χ1n) is 9.85. The van der Waals surface area contributed by atoms with Crippen molar-refractivity contribution in [2.45, 2.75) is 17.1 Å². The molecule has 0 heterocycles.